The highest BCUT2D eigenvalue weighted by Gasteiger charge is 2.01. The third kappa shape index (κ3) is 5.74. The number of allylic oxidation sites excluding steroid dienone is 2. The van der Waals surface area contributed by atoms with E-state index in [2.05, 4.69) is 45.7 Å². The van der Waals surface area contributed by atoms with Crippen molar-refractivity contribution in [2.45, 2.75) is 41.0 Å². The molecule has 0 bridgehead atoms. The van der Waals surface area contributed by atoms with Gasteiger partial charge in [-0.2, -0.15) is 0 Å². The zero-order chi connectivity index (χ0) is 12.7. The zero-order valence-corrected chi connectivity index (χ0v) is 11.8. The molecule has 0 spiro atoms. The summed E-state index contributed by atoms with van der Waals surface area (Å²) < 4.78 is 0. The SMILES string of the molecule is CC/C(C)=C/N=C(/C=C(\C)C(C)C)N(C)C. The Balaban J connectivity index is 4.96. The van der Waals surface area contributed by atoms with Crippen molar-refractivity contribution < 1.29 is 0 Å². The van der Waals surface area contributed by atoms with E-state index in [1.54, 1.807) is 0 Å². The van der Waals surface area contributed by atoms with E-state index in [1.807, 2.05) is 25.2 Å². The summed E-state index contributed by atoms with van der Waals surface area (Å²) in [7, 11) is 4.05. The van der Waals surface area contributed by atoms with Gasteiger partial charge in [0.15, 0.2) is 0 Å². The topological polar surface area (TPSA) is 15.6 Å². The van der Waals surface area contributed by atoms with Crippen LogP contribution in [0, 0.1) is 5.92 Å². The van der Waals surface area contributed by atoms with E-state index in [0.29, 0.717) is 5.92 Å². The molecular formula is C14H26N2. The number of aliphatic imine (C=N–C) groups is 1. The molecule has 0 saturated heterocycles. The molecule has 0 fully saturated rings. The molecule has 0 aliphatic carbocycles. The van der Waals surface area contributed by atoms with E-state index in [9.17, 15) is 0 Å². The maximum absolute atomic E-state index is 4.52. The van der Waals surface area contributed by atoms with Crippen LogP contribution in [0.15, 0.2) is 28.4 Å². The van der Waals surface area contributed by atoms with Gasteiger partial charge < -0.3 is 4.90 Å². The quantitative estimate of drug-likeness (QED) is 0.521. The first-order valence-corrected chi connectivity index (χ1v) is 5.97. The minimum Gasteiger partial charge on any atom is -0.363 e. The Hall–Kier alpha value is -1.05. The van der Waals surface area contributed by atoms with Crippen molar-refractivity contribution >= 4 is 5.84 Å². The van der Waals surface area contributed by atoms with Gasteiger partial charge in [0, 0.05) is 20.3 Å². The van der Waals surface area contributed by atoms with Gasteiger partial charge in [-0.25, -0.2) is 4.99 Å². The summed E-state index contributed by atoms with van der Waals surface area (Å²) in [5, 5.41) is 0. The van der Waals surface area contributed by atoms with Crippen molar-refractivity contribution in [1.82, 2.24) is 4.90 Å². The van der Waals surface area contributed by atoms with Gasteiger partial charge in [0.25, 0.3) is 0 Å². The van der Waals surface area contributed by atoms with Crippen LogP contribution in [0.25, 0.3) is 0 Å². The van der Waals surface area contributed by atoms with Crippen molar-refractivity contribution in [3.05, 3.63) is 23.4 Å². The van der Waals surface area contributed by atoms with E-state index in [-0.39, 0.29) is 0 Å². The van der Waals surface area contributed by atoms with E-state index >= 15 is 0 Å². The molecule has 0 rings (SSSR count). The van der Waals surface area contributed by atoms with Crippen LogP contribution in [0.2, 0.25) is 0 Å². The number of hydrogen-bond donors (Lipinski definition) is 0. The van der Waals surface area contributed by atoms with Gasteiger partial charge in [-0.1, -0.05) is 31.9 Å². The maximum atomic E-state index is 4.52. The Morgan fingerprint density at radius 2 is 1.81 bits per heavy atom. The fourth-order valence-corrected chi connectivity index (χ4v) is 0.920. The highest BCUT2D eigenvalue weighted by molar-refractivity contribution is 5.93. The third-order valence-electron chi connectivity index (χ3n) is 2.70. The van der Waals surface area contributed by atoms with Crippen molar-refractivity contribution in [1.29, 1.82) is 0 Å². The Bertz CT molecular complexity index is 294. The lowest BCUT2D eigenvalue weighted by molar-refractivity contribution is 0.624. The van der Waals surface area contributed by atoms with Crippen LogP contribution >= 0.6 is 0 Å². The molecule has 0 aromatic rings. The molecule has 0 aromatic heterocycles. The fourth-order valence-electron chi connectivity index (χ4n) is 0.920. The first-order chi connectivity index (χ1) is 7.38. The average molecular weight is 222 g/mol. The van der Waals surface area contributed by atoms with Crippen LogP contribution < -0.4 is 0 Å². The molecule has 16 heavy (non-hydrogen) atoms. The molecule has 2 heteroatoms. The molecule has 92 valence electrons. The molecule has 0 amide bonds. The van der Waals surface area contributed by atoms with Crippen LogP contribution in [0.1, 0.15) is 41.0 Å². The molecule has 0 aliphatic heterocycles. The molecule has 0 saturated carbocycles. The monoisotopic (exact) mass is 222 g/mol. The fraction of sp³-hybridized carbons (Fsp3) is 0.643. The van der Waals surface area contributed by atoms with Crippen LogP contribution in [-0.4, -0.2) is 24.8 Å². The van der Waals surface area contributed by atoms with Gasteiger partial charge in [-0.05, 0) is 32.3 Å². The molecule has 0 N–H and O–H groups in total. The number of rotatable bonds is 4. The lowest BCUT2D eigenvalue weighted by atomic mass is 10.1. The van der Waals surface area contributed by atoms with Crippen molar-refractivity contribution in [3.63, 3.8) is 0 Å². The normalized spacial score (nSPS) is 14.6. The summed E-state index contributed by atoms with van der Waals surface area (Å²) in [6.07, 6.45) is 5.17. The van der Waals surface area contributed by atoms with Gasteiger partial charge in [0.05, 0.1) is 0 Å². The summed E-state index contributed by atoms with van der Waals surface area (Å²) >= 11 is 0. The van der Waals surface area contributed by atoms with Crippen molar-refractivity contribution in [2.24, 2.45) is 10.9 Å². The molecular weight excluding hydrogens is 196 g/mol. The lowest BCUT2D eigenvalue weighted by Gasteiger charge is -2.14. The average Bonchev–Trinajstić information content (AvgIpc) is 2.22. The maximum Gasteiger partial charge on any atom is 0.127 e. The largest absolute Gasteiger partial charge is 0.363 e. The standard InChI is InChI=1S/C14H26N2/c1-8-12(4)10-15-14(16(6)7)9-13(5)11(2)3/h9-11H,8H2,1-7H3/b12-10+,13-9+,15-14-. The Morgan fingerprint density at radius 3 is 2.19 bits per heavy atom. The smallest absolute Gasteiger partial charge is 0.127 e. The molecule has 0 unspecified atom stereocenters. The highest BCUT2D eigenvalue weighted by atomic mass is 15.1. The lowest BCUT2D eigenvalue weighted by Crippen LogP contribution is -2.20. The van der Waals surface area contributed by atoms with Crippen molar-refractivity contribution in [3.8, 4) is 0 Å². The van der Waals surface area contributed by atoms with E-state index in [1.165, 1.54) is 11.1 Å². The third-order valence-corrected chi connectivity index (χ3v) is 2.70. The summed E-state index contributed by atoms with van der Waals surface area (Å²) in [6, 6.07) is 0. The van der Waals surface area contributed by atoms with Crippen LogP contribution in [0.4, 0.5) is 0 Å². The summed E-state index contributed by atoms with van der Waals surface area (Å²) in [6.45, 7) is 10.8. The van der Waals surface area contributed by atoms with Gasteiger partial charge in [0.2, 0.25) is 0 Å². The first-order valence-electron chi connectivity index (χ1n) is 5.97. The minimum absolute atomic E-state index is 0.571. The molecule has 0 radical (unpaired) electrons. The number of hydrogen-bond acceptors (Lipinski definition) is 1. The number of likely N-dealkylation sites (N-methyl/N-ethyl adjacent to an activating group) is 1. The summed E-state index contributed by atoms with van der Waals surface area (Å²) in [5.74, 6) is 1.58. The summed E-state index contributed by atoms with van der Waals surface area (Å²) in [4.78, 5) is 6.57. The second kappa shape index (κ2) is 7.26. The Labute approximate surface area is 101 Å². The Morgan fingerprint density at radius 1 is 1.25 bits per heavy atom. The van der Waals surface area contributed by atoms with E-state index in [4.69, 9.17) is 0 Å². The highest BCUT2D eigenvalue weighted by Crippen LogP contribution is 2.09. The minimum atomic E-state index is 0.571. The van der Waals surface area contributed by atoms with Crippen LogP contribution in [0.5, 0.6) is 0 Å². The zero-order valence-electron chi connectivity index (χ0n) is 11.8. The molecule has 2 nitrogen and oxygen atoms in total. The van der Waals surface area contributed by atoms with Crippen molar-refractivity contribution in [2.75, 3.05) is 14.1 Å². The molecule has 0 heterocycles. The Kier molecular flexibility index (Phi) is 6.78. The number of nitrogens with zero attached hydrogens (tertiary/aromatic N) is 2. The van der Waals surface area contributed by atoms with Crippen LogP contribution in [0.3, 0.4) is 0 Å². The van der Waals surface area contributed by atoms with Gasteiger partial charge in [-0.15, -0.1) is 0 Å². The van der Waals surface area contributed by atoms with Crippen LogP contribution in [-0.2, 0) is 0 Å². The van der Waals surface area contributed by atoms with Gasteiger partial charge in [0.1, 0.15) is 5.84 Å². The van der Waals surface area contributed by atoms with Gasteiger partial charge in [-0.3, -0.25) is 0 Å². The molecule has 0 atom stereocenters. The second-order valence-corrected chi connectivity index (χ2v) is 4.75. The summed E-state index contributed by atoms with van der Waals surface area (Å²) in [5.41, 5.74) is 2.66. The predicted octanol–water partition coefficient (Wildman–Crippen LogP) is 3.86. The predicted molar refractivity (Wildman–Crippen MR) is 73.8 cm³/mol. The number of amidine groups is 1. The first kappa shape index (κ1) is 14.9. The second-order valence-electron chi connectivity index (χ2n) is 4.75. The van der Waals surface area contributed by atoms with Gasteiger partial charge >= 0.3 is 0 Å². The molecule has 0 aliphatic rings. The van der Waals surface area contributed by atoms with E-state index < -0.39 is 0 Å². The molecule has 0 aromatic carbocycles. The van der Waals surface area contributed by atoms with E-state index in [0.717, 1.165) is 12.3 Å².